The molecule has 0 spiro atoms. The number of benzene rings is 2. The number of nitrogens with zero attached hydrogens (tertiary/aromatic N) is 2. The van der Waals surface area contributed by atoms with Gasteiger partial charge in [-0.25, -0.2) is 14.6 Å². The zero-order valence-electron chi connectivity index (χ0n) is 16.5. The molecular formula is C21H23FN4O4. The number of rotatable bonds is 6. The Morgan fingerprint density at radius 2 is 2.20 bits per heavy atom. The quantitative estimate of drug-likeness (QED) is 0.421. The van der Waals surface area contributed by atoms with Crippen LogP contribution in [0.25, 0.3) is 10.9 Å². The van der Waals surface area contributed by atoms with Gasteiger partial charge in [0.1, 0.15) is 11.6 Å². The largest absolute Gasteiger partial charge is 0.496 e. The molecule has 1 aliphatic heterocycles. The average molecular weight is 414 g/mol. The van der Waals surface area contributed by atoms with Gasteiger partial charge in [-0.15, -0.1) is 0 Å². The van der Waals surface area contributed by atoms with Crippen molar-refractivity contribution in [1.82, 2.24) is 15.3 Å². The summed E-state index contributed by atoms with van der Waals surface area (Å²) in [7, 11) is 1.53. The monoisotopic (exact) mass is 414 g/mol. The van der Waals surface area contributed by atoms with Crippen LogP contribution in [0.3, 0.4) is 0 Å². The Kier molecular flexibility index (Phi) is 5.82. The third-order valence-corrected chi connectivity index (χ3v) is 5.18. The molecule has 2 heterocycles. The number of nitrogens with one attached hydrogen (secondary N) is 2. The smallest absolute Gasteiger partial charge is 0.295 e. The van der Waals surface area contributed by atoms with Crippen molar-refractivity contribution in [2.45, 2.75) is 32.0 Å². The zero-order valence-corrected chi connectivity index (χ0v) is 16.5. The van der Waals surface area contributed by atoms with Crippen LogP contribution in [0.2, 0.25) is 0 Å². The van der Waals surface area contributed by atoms with E-state index in [0.29, 0.717) is 35.5 Å². The Hall–Kier alpha value is -3.17. The van der Waals surface area contributed by atoms with Crippen molar-refractivity contribution in [3.8, 4) is 5.75 Å². The van der Waals surface area contributed by atoms with E-state index in [2.05, 4.69) is 10.4 Å². The van der Waals surface area contributed by atoms with E-state index in [4.69, 9.17) is 14.7 Å². The summed E-state index contributed by atoms with van der Waals surface area (Å²) in [5.74, 6) is -0.468. The standard InChI is InChI=1S/C21H23FN4O4/c1-29-18-8-5-14(22)10-13(18)12-23-15-6-7-17-16(11-15)20(21(27)25-28)24-26(17)19-4-2-3-9-30-19/h5-8,10-11,19,23,28H,2-4,9,12H2,1H3,(H,25,27). The van der Waals surface area contributed by atoms with Crippen molar-refractivity contribution < 1.29 is 23.9 Å². The fourth-order valence-corrected chi connectivity index (χ4v) is 3.69. The summed E-state index contributed by atoms with van der Waals surface area (Å²) in [5.41, 5.74) is 3.87. The van der Waals surface area contributed by atoms with Gasteiger partial charge in [0.05, 0.1) is 12.6 Å². The van der Waals surface area contributed by atoms with Gasteiger partial charge in [-0.05, 0) is 55.7 Å². The molecule has 3 aromatic rings. The number of hydroxylamine groups is 1. The van der Waals surface area contributed by atoms with E-state index in [9.17, 15) is 9.18 Å². The van der Waals surface area contributed by atoms with Crippen molar-refractivity contribution in [3.05, 3.63) is 53.5 Å². The number of hydrogen-bond acceptors (Lipinski definition) is 6. The van der Waals surface area contributed by atoms with Crippen LogP contribution < -0.4 is 15.5 Å². The lowest BCUT2D eigenvalue weighted by molar-refractivity contribution is -0.0368. The van der Waals surface area contributed by atoms with Crippen LogP contribution in [0.1, 0.15) is 41.5 Å². The van der Waals surface area contributed by atoms with Crippen LogP contribution >= 0.6 is 0 Å². The first kappa shape index (κ1) is 20.1. The second-order valence-electron chi connectivity index (χ2n) is 7.10. The summed E-state index contributed by atoms with van der Waals surface area (Å²) in [4.78, 5) is 12.2. The molecule has 2 aromatic carbocycles. The van der Waals surface area contributed by atoms with Gasteiger partial charge in [0, 0.05) is 29.8 Å². The van der Waals surface area contributed by atoms with Crippen LogP contribution in [-0.4, -0.2) is 34.6 Å². The van der Waals surface area contributed by atoms with Gasteiger partial charge in [0.15, 0.2) is 11.9 Å². The van der Waals surface area contributed by atoms with E-state index >= 15 is 0 Å². The van der Waals surface area contributed by atoms with Gasteiger partial charge in [-0.2, -0.15) is 5.10 Å². The number of halogens is 1. The fourth-order valence-electron chi connectivity index (χ4n) is 3.69. The maximum Gasteiger partial charge on any atom is 0.295 e. The molecule has 1 unspecified atom stereocenters. The van der Waals surface area contributed by atoms with E-state index in [1.165, 1.54) is 19.2 Å². The summed E-state index contributed by atoms with van der Waals surface area (Å²) in [6.07, 6.45) is 2.56. The molecule has 0 saturated carbocycles. The third kappa shape index (κ3) is 3.94. The predicted octanol–water partition coefficient (Wildman–Crippen LogP) is 3.61. The summed E-state index contributed by atoms with van der Waals surface area (Å²) in [6.45, 7) is 0.969. The van der Waals surface area contributed by atoms with E-state index in [-0.39, 0.29) is 17.7 Å². The molecule has 1 aromatic heterocycles. The second kappa shape index (κ2) is 8.68. The zero-order chi connectivity index (χ0) is 21.1. The van der Waals surface area contributed by atoms with Crippen molar-refractivity contribution in [2.75, 3.05) is 19.0 Å². The molecule has 1 amide bonds. The minimum absolute atomic E-state index is 0.105. The fraction of sp³-hybridized carbons (Fsp3) is 0.333. The molecule has 3 N–H and O–H groups in total. The van der Waals surface area contributed by atoms with Crippen LogP contribution in [0.4, 0.5) is 10.1 Å². The lowest BCUT2D eigenvalue weighted by Crippen LogP contribution is -2.22. The maximum atomic E-state index is 13.6. The summed E-state index contributed by atoms with van der Waals surface area (Å²) >= 11 is 0. The van der Waals surface area contributed by atoms with Gasteiger partial charge in [-0.1, -0.05) is 0 Å². The van der Waals surface area contributed by atoms with Crippen LogP contribution in [0, 0.1) is 5.82 Å². The number of anilines is 1. The van der Waals surface area contributed by atoms with E-state index < -0.39 is 5.91 Å². The Morgan fingerprint density at radius 3 is 2.93 bits per heavy atom. The number of ether oxygens (including phenoxy) is 2. The van der Waals surface area contributed by atoms with Crippen molar-refractivity contribution in [1.29, 1.82) is 0 Å². The minimum Gasteiger partial charge on any atom is -0.496 e. The normalized spacial score (nSPS) is 16.4. The number of methoxy groups -OCH3 is 1. The lowest BCUT2D eigenvalue weighted by Gasteiger charge is -2.23. The number of aromatic nitrogens is 2. The molecular weight excluding hydrogens is 391 g/mol. The summed E-state index contributed by atoms with van der Waals surface area (Å²) in [5, 5.41) is 17.3. The SMILES string of the molecule is COc1ccc(F)cc1CNc1ccc2c(c1)c(C(=O)NO)nn2C1CCCCO1. The Bertz CT molecular complexity index is 1060. The first-order valence-electron chi connectivity index (χ1n) is 9.75. The van der Waals surface area contributed by atoms with Gasteiger partial charge in [0.2, 0.25) is 0 Å². The number of fused-ring (bicyclic) bond motifs is 1. The van der Waals surface area contributed by atoms with Gasteiger partial charge < -0.3 is 14.8 Å². The highest BCUT2D eigenvalue weighted by Crippen LogP contribution is 2.30. The highest BCUT2D eigenvalue weighted by molar-refractivity contribution is 6.05. The molecule has 0 aliphatic carbocycles. The molecule has 158 valence electrons. The van der Waals surface area contributed by atoms with Gasteiger partial charge in [-0.3, -0.25) is 10.0 Å². The number of carbonyl (C=O) groups is 1. The molecule has 30 heavy (non-hydrogen) atoms. The number of hydrogen-bond donors (Lipinski definition) is 3. The van der Waals surface area contributed by atoms with Crippen molar-refractivity contribution >= 4 is 22.5 Å². The third-order valence-electron chi connectivity index (χ3n) is 5.18. The first-order chi connectivity index (χ1) is 14.6. The molecule has 4 rings (SSSR count). The maximum absolute atomic E-state index is 13.6. The lowest BCUT2D eigenvalue weighted by atomic mass is 10.1. The molecule has 0 radical (unpaired) electrons. The molecule has 9 heteroatoms. The van der Waals surface area contributed by atoms with Crippen LogP contribution in [0.15, 0.2) is 36.4 Å². The topological polar surface area (TPSA) is 97.6 Å². The summed E-state index contributed by atoms with van der Waals surface area (Å²) in [6, 6.07) is 9.81. The highest BCUT2D eigenvalue weighted by atomic mass is 19.1. The van der Waals surface area contributed by atoms with E-state index in [0.717, 1.165) is 24.8 Å². The molecule has 1 atom stereocenters. The molecule has 1 fully saturated rings. The minimum atomic E-state index is -0.696. The first-order valence-corrected chi connectivity index (χ1v) is 9.75. The predicted molar refractivity (Wildman–Crippen MR) is 108 cm³/mol. The second-order valence-corrected chi connectivity index (χ2v) is 7.10. The van der Waals surface area contributed by atoms with E-state index in [1.54, 1.807) is 22.3 Å². The molecule has 1 saturated heterocycles. The number of carbonyl (C=O) groups excluding carboxylic acids is 1. The number of amides is 1. The molecule has 8 nitrogen and oxygen atoms in total. The van der Waals surface area contributed by atoms with Gasteiger partial charge >= 0.3 is 0 Å². The summed E-state index contributed by atoms with van der Waals surface area (Å²) < 4.78 is 26.4. The highest BCUT2D eigenvalue weighted by Gasteiger charge is 2.24. The van der Waals surface area contributed by atoms with Crippen LogP contribution in [0.5, 0.6) is 5.75 Å². The molecule has 1 aliphatic rings. The Labute approximate surface area is 172 Å². The Morgan fingerprint density at radius 1 is 1.33 bits per heavy atom. The Balaban J connectivity index is 1.66. The van der Waals surface area contributed by atoms with Gasteiger partial charge in [0.25, 0.3) is 5.91 Å². The van der Waals surface area contributed by atoms with E-state index in [1.807, 2.05) is 12.1 Å². The average Bonchev–Trinajstić information content (AvgIpc) is 3.16. The molecule has 0 bridgehead atoms. The van der Waals surface area contributed by atoms with Crippen LogP contribution in [-0.2, 0) is 11.3 Å². The van der Waals surface area contributed by atoms with Crippen molar-refractivity contribution in [2.24, 2.45) is 0 Å². The van der Waals surface area contributed by atoms with Crippen molar-refractivity contribution in [3.63, 3.8) is 0 Å².